The van der Waals surface area contributed by atoms with Gasteiger partial charge in [0.25, 0.3) is 0 Å². The van der Waals surface area contributed by atoms with Crippen LogP contribution in [0.5, 0.6) is 0 Å². The largest absolute Gasteiger partial charge is 0.294 e. The van der Waals surface area contributed by atoms with E-state index in [1.807, 2.05) is 19.1 Å². The summed E-state index contributed by atoms with van der Waals surface area (Å²) in [6.07, 6.45) is 0.662. The molecule has 1 aromatic rings. The van der Waals surface area contributed by atoms with E-state index in [9.17, 15) is 13.2 Å². The summed E-state index contributed by atoms with van der Waals surface area (Å²) < 4.78 is 23.5. The molecule has 0 radical (unpaired) electrons. The molecule has 1 aromatic carbocycles. The summed E-state index contributed by atoms with van der Waals surface area (Å²) in [6.45, 7) is 3.54. The molecule has 5 heteroatoms. The average Bonchev–Trinajstić information content (AvgIpc) is 2.27. The lowest BCUT2D eigenvalue weighted by atomic mass is 10.1. The Balaban J connectivity index is 2.61. The highest BCUT2D eigenvalue weighted by atomic mass is 79.9. The number of Topliss-reactive ketones (excluding diaryl/α,β-unsaturated/α-hetero) is 1. The zero-order valence-electron chi connectivity index (χ0n) is 10.6. The van der Waals surface area contributed by atoms with Crippen molar-refractivity contribution in [2.75, 3.05) is 11.5 Å². The van der Waals surface area contributed by atoms with Gasteiger partial charge in [-0.15, -0.1) is 0 Å². The minimum atomic E-state index is -2.98. The number of carbonyl (C=O) groups is 1. The SMILES string of the molecule is CCS(=O)(=O)CCCC(=O)c1cc(C)cc(Br)c1. The van der Waals surface area contributed by atoms with Crippen LogP contribution in [0.2, 0.25) is 0 Å². The van der Waals surface area contributed by atoms with Gasteiger partial charge in [-0.3, -0.25) is 4.79 Å². The first-order chi connectivity index (χ1) is 8.34. The number of aryl methyl sites for hydroxylation is 1. The molecule has 3 nitrogen and oxygen atoms in total. The fourth-order valence-corrected chi connectivity index (χ4v) is 3.12. The monoisotopic (exact) mass is 332 g/mol. The lowest BCUT2D eigenvalue weighted by molar-refractivity contribution is 0.0982. The van der Waals surface area contributed by atoms with Crippen molar-refractivity contribution in [1.82, 2.24) is 0 Å². The third-order valence-corrected chi connectivity index (χ3v) is 4.91. The molecular weight excluding hydrogens is 316 g/mol. The molecule has 0 N–H and O–H groups in total. The van der Waals surface area contributed by atoms with Crippen LogP contribution in [0.4, 0.5) is 0 Å². The molecule has 0 aliphatic heterocycles. The van der Waals surface area contributed by atoms with E-state index in [1.54, 1.807) is 13.0 Å². The summed E-state index contributed by atoms with van der Waals surface area (Å²) in [5.41, 5.74) is 1.64. The molecular formula is C13H17BrO3S. The molecule has 100 valence electrons. The minimum absolute atomic E-state index is 0.00861. The van der Waals surface area contributed by atoms with E-state index < -0.39 is 9.84 Å². The predicted molar refractivity (Wildman–Crippen MR) is 76.8 cm³/mol. The van der Waals surface area contributed by atoms with E-state index in [2.05, 4.69) is 15.9 Å². The standard InChI is InChI=1S/C13H17BrO3S/c1-3-18(16,17)6-4-5-13(15)11-7-10(2)8-12(14)9-11/h7-9H,3-6H2,1-2H3. The normalized spacial score (nSPS) is 11.5. The van der Waals surface area contributed by atoms with Crippen LogP contribution in [0, 0.1) is 6.92 Å². The van der Waals surface area contributed by atoms with Crippen LogP contribution in [0.25, 0.3) is 0 Å². The molecule has 0 aliphatic carbocycles. The number of rotatable bonds is 6. The van der Waals surface area contributed by atoms with Crippen LogP contribution >= 0.6 is 15.9 Å². The fraction of sp³-hybridized carbons (Fsp3) is 0.462. The zero-order chi connectivity index (χ0) is 13.8. The van der Waals surface area contributed by atoms with Crippen LogP contribution in [-0.4, -0.2) is 25.7 Å². The Morgan fingerprint density at radius 3 is 2.50 bits per heavy atom. The van der Waals surface area contributed by atoms with Crippen molar-refractivity contribution < 1.29 is 13.2 Å². The van der Waals surface area contributed by atoms with Gasteiger partial charge in [-0.05, 0) is 37.1 Å². The molecule has 0 aliphatic rings. The number of hydrogen-bond donors (Lipinski definition) is 0. The number of hydrogen-bond acceptors (Lipinski definition) is 3. The second-order valence-electron chi connectivity index (χ2n) is 4.28. The highest BCUT2D eigenvalue weighted by Gasteiger charge is 2.11. The molecule has 0 fully saturated rings. The molecule has 0 saturated heterocycles. The molecule has 0 heterocycles. The van der Waals surface area contributed by atoms with E-state index in [0.29, 0.717) is 12.0 Å². The van der Waals surface area contributed by atoms with Crippen LogP contribution in [0.3, 0.4) is 0 Å². The summed E-state index contributed by atoms with van der Waals surface area (Å²) in [7, 11) is -2.98. The van der Waals surface area contributed by atoms with Gasteiger partial charge in [0, 0.05) is 22.2 Å². The Kier molecular flexibility index (Phi) is 5.53. The Morgan fingerprint density at radius 1 is 1.28 bits per heavy atom. The smallest absolute Gasteiger partial charge is 0.162 e. The highest BCUT2D eigenvalue weighted by Crippen LogP contribution is 2.17. The quantitative estimate of drug-likeness (QED) is 0.752. The average molecular weight is 333 g/mol. The summed E-state index contributed by atoms with van der Waals surface area (Å²) in [5.74, 6) is 0.213. The van der Waals surface area contributed by atoms with Crippen LogP contribution in [-0.2, 0) is 9.84 Å². The van der Waals surface area contributed by atoms with E-state index in [0.717, 1.165) is 10.0 Å². The van der Waals surface area contributed by atoms with Gasteiger partial charge >= 0.3 is 0 Å². The highest BCUT2D eigenvalue weighted by molar-refractivity contribution is 9.10. The maximum Gasteiger partial charge on any atom is 0.162 e. The lowest BCUT2D eigenvalue weighted by Gasteiger charge is -2.04. The van der Waals surface area contributed by atoms with Gasteiger partial charge in [0.2, 0.25) is 0 Å². The lowest BCUT2D eigenvalue weighted by Crippen LogP contribution is -2.10. The van der Waals surface area contributed by atoms with Crippen LogP contribution in [0.1, 0.15) is 35.7 Å². The van der Waals surface area contributed by atoms with Crippen molar-refractivity contribution in [1.29, 1.82) is 0 Å². The van der Waals surface area contributed by atoms with E-state index in [1.165, 1.54) is 0 Å². The van der Waals surface area contributed by atoms with E-state index in [4.69, 9.17) is 0 Å². The molecule has 18 heavy (non-hydrogen) atoms. The fourth-order valence-electron chi connectivity index (χ4n) is 1.64. The zero-order valence-corrected chi connectivity index (χ0v) is 13.0. The van der Waals surface area contributed by atoms with Crippen molar-refractivity contribution in [3.63, 3.8) is 0 Å². The van der Waals surface area contributed by atoms with Gasteiger partial charge in [-0.25, -0.2) is 8.42 Å². The molecule has 0 aromatic heterocycles. The number of halogens is 1. The van der Waals surface area contributed by atoms with Gasteiger partial charge < -0.3 is 0 Å². The number of carbonyl (C=O) groups excluding carboxylic acids is 1. The summed E-state index contributed by atoms with van der Waals surface area (Å²) in [6, 6.07) is 5.52. The predicted octanol–water partition coefficient (Wildman–Crippen LogP) is 3.16. The molecule has 0 unspecified atom stereocenters. The van der Waals surface area contributed by atoms with Crippen molar-refractivity contribution >= 4 is 31.6 Å². The van der Waals surface area contributed by atoms with Crippen molar-refractivity contribution in [2.24, 2.45) is 0 Å². The Bertz CT molecular complexity index is 515. The second kappa shape index (κ2) is 6.48. The Morgan fingerprint density at radius 2 is 1.94 bits per heavy atom. The van der Waals surface area contributed by atoms with Gasteiger partial charge in [-0.1, -0.05) is 22.9 Å². The van der Waals surface area contributed by atoms with Gasteiger partial charge in [-0.2, -0.15) is 0 Å². The van der Waals surface area contributed by atoms with Gasteiger partial charge in [0.1, 0.15) is 9.84 Å². The first-order valence-electron chi connectivity index (χ1n) is 5.85. The van der Waals surface area contributed by atoms with E-state index in [-0.39, 0.29) is 23.7 Å². The van der Waals surface area contributed by atoms with E-state index >= 15 is 0 Å². The van der Waals surface area contributed by atoms with Gasteiger partial charge in [0.15, 0.2) is 5.78 Å². The third kappa shape index (κ3) is 4.90. The molecule has 0 saturated carbocycles. The molecule has 0 spiro atoms. The van der Waals surface area contributed by atoms with Gasteiger partial charge in [0.05, 0.1) is 5.75 Å². The number of benzene rings is 1. The van der Waals surface area contributed by atoms with Crippen LogP contribution in [0.15, 0.2) is 22.7 Å². The van der Waals surface area contributed by atoms with Crippen molar-refractivity contribution in [3.05, 3.63) is 33.8 Å². The van der Waals surface area contributed by atoms with Crippen LogP contribution < -0.4 is 0 Å². The third-order valence-electron chi connectivity index (χ3n) is 2.66. The summed E-state index contributed by atoms with van der Waals surface area (Å²) in [4.78, 5) is 11.9. The second-order valence-corrected chi connectivity index (χ2v) is 7.67. The van der Waals surface area contributed by atoms with Crippen molar-refractivity contribution in [2.45, 2.75) is 26.7 Å². The summed E-state index contributed by atoms with van der Waals surface area (Å²) >= 11 is 3.34. The Labute approximate surface area is 117 Å². The topological polar surface area (TPSA) is 51.2 Å². The molecule has 0 atom stereocenters. The maximum absolute atomic E-state index is 11.9. The minimum Gasteiger partial charge on any atom is -0.294 e. The number of sulfone groups is 1. The van der Waals surface area contributed by atoms with Crippen molar-refractivity contribution in [3.8, 4) is 0 Å². The molecule has 1 rings (SSSR count). The summed E-state index contributed by atoms with van der Waals surface area (Å²) in [5, 5.41) is 0. The maximum atomic E-state index is 11.9. The first kappa shape index (κ1) is 15.4. The number of ketones is 1. The molecule has 0 amide bonds. The molecule has 0 bridgehead atoms. The Hall–Kier alpha value is -0.680. The first-order valence-corrected chi connectivity index (χ1v) is 8.46.